The van der Waals surface area contributed by atoms with E-state index in [4.69, 9.17) is 4.98 Å². The molecule has 1 aromatic carbocycles. The van der Waals surface area contributed by atoms with Crippen molar-refractivity contribution in [2.24, 2.45) is 0 Å². The molecule has 0 aliphatic carbocycles. The van der Waals surface area contributed by atoms with E-state index in [0.717, 1.165) is 24.4 Å². The molecule has 0 unspecified atom stereocenters. The molecule has 2 heteroatoms. The molecule has 1 aromatic heterocycles. The van der Waals surface area contributed by atoms with Gasteiger partial charge in [0.2, 0.25) is 0 Å². The van der Waals surface area contributed by atoms with Crippen LogP contribution in [0.4, 0.5) is 5.82 Å². The zero-order valence-corrected chi connectivity index (χ0v) is 12.1. The van der Waals surface area contributed by atoms with Gasteiger partial charge in [-0.05, 0) is 31.0 Å². The fraction of sp³-hybridized carbons (Fsp3) is 0.471. The Labute approximate surface area is 116 Å². The Morgan fingerprint density at radius 1 is 0.895 bits per heavy atom. The summed E-state index contributed by atoms with van der Waals surface area (Å²) in [5.41, 5.74) is 1.10. The van der Waals surface area contributed by atoms with Crippen LogP contribution in [0.25, 0.3) is 10.9 Å². The Hall–Kier alpha value is -1.57. The van der Waals surface area contributed by atoms with E-state index in [-0.39, 0.29) is 0 Å². The van der Waals surface area contributed by atoms with Crippen LogP contribution in [-0.2, 0) is 0 Å². The smallest absolute Gasteiger partial charge is 0.129 e. The third-order valence-corrected chi connectivity index (χ3v) is 3.47. The van der Waals surface area contributed by atoms with Gasteiger partial charge in [-0.3, -0.25) is 0 Å². The molecular weight excluding hydrogens is 232 g/mol. The van der Waals surface area contributed by atoms with Crippen LogP contribution in [0.15, 0.2) is 36.4 Å². The summed E-state index contributed by atoms with van der Waals surface area (Å²) in [5, 5.41) is 1.22. The first-order valence-corrected chi connectivity index (χ1v) is 7.46. The number of para-hydroxylation sites is 1. The van der Waals surface area contributed by atoms with Gasteiger partial charge >= 0.3 is 0 Å². The minimum Gasteiger partial charge on any atom is -0.357 e. The lowest BCUT2D eigenvalue weighted by molar-refractivity contribution is 0.672. The molecule has 0 saturated carbocycles. The highest BCUT2D eigenvalue weighted by molar-refractivity contribution is 5.80. The molecule has 2 aromatic rings. The van der Waals surface area contributed by atoms with Gasteiger partial charge < -0.3 is 4.90 Å². The second kappa shape index (κ2) is 7.13. The van der Waals surface area contributed by atoms with E-state index in [1.54, 1.807) is 0 Å². The standard InChI is InChI=1S/C17H24N2/c1-3-5-13-19(14-6-4-2)17-12-11-15-9-7-8-10-16(15)18-17/h7-12H,3-6,13-14H2,1-2H3. The third-order valence-electron chi connectivity index (χ3n) is 3.47. The van der Waals surface area contributed by atoms with Gasteiger partial charge in [0.05, 0.1) is 5.52 Å². The van der Waals surface area contributed by atoms with Gasteiger partial charge in [-0.15, -0.1) is 0 Å². The van der Waals surface area contributed by atoms with Crippen LogP contribution in [0.3, 0.4) is 0 Å². The molecule has 0 fully saturated rings. The number of benzene rings is 1. The van der Waals surface area contributed by atoms with E-state index in [0.29, 0.717) is 0 Å². The van der Waals surface area contributed by atoms with Crippen molar-refractivity contribution in [2.75, 3.05) is 18.0 Å². The van der Waals surface area contributed by atoms with E-state index in [1.165, 1.54) is 31.1 Å². The molecule has 2 nitrogen and oxygen atoms in total. The number of hydrogen-bond donors (Lipinski definition) is 0. The highest BCUT2D eigenvalue weighted by atomic mass is 15.2. The summed E-state index contributed by atoms with van der Waals surface area (Å²) >= 11 is 0. The molecule has 0 N–H and O–H groups in total. The van der Waals surface area contributed by atoms with Crippen molar-refractivity contribution >= 4 is 16.7 Å². The zero-order valence-electron chi connectivity index (χ0n) is 12.1. The highest BCUT2D eigenvalue weighted by Gasteiger charge is 2.07. The van der Waals surface area contributed by atoms with Gasteiger partial charge in [-0.25, -0.2) is 4.98 Å². The zero-order chi connectivity index (χ0) is 13.5. The summed E-state index contributed by atoms with van der Waals surface area (Å²) in [7, 11) is 0. The molecule has 0 bridgehead atoms. The van der Waals surface area contributed by atoms with Crippen molar-refractivity contribution in [1.82, 2.24) is 4.98 Å². The Balaban J connectivity index is 2.21. The average Bonchev–Trinajstić information content (AvgIpc) is 2.47. The Bertz CT molecular complexity index is 499. The Kier molecular flexibility index (Phi) is 5.20. The molecular formula is C17H24N2. The molecule has 0 radical (unpaired) electrons. The SMILES string of the molecule is CCCCN(CCCC)c1ccc2ccccc2n1. The van der Waals surface area contributed by atoms with E-state index in [1.807, 2.05) is 0 Å². The van der Waals surface area contributed by atoms with Crippen LogP contribution < -0.4 is 4.90 Å². The molecule has 2 rings (SSSR count). The molecule has 0 saturated heterocycles. The van der Waals surface area contributed by atoms with Crippen molar-refractivity contribution in [3.8, 4) is 0 Å². The van der Waals surface area contributed by atoms with Crippen molar-refractivity contribution in [1.29, 1.82) is 0 Å². The number of anilines is 1. The number of aromatic nitrogens is 1. The minimum atomic E-state index is 1.10. The average molecular weight is 256 g/mol. The van der Waals surface area contributed by atoms with Crippen molar-refractivity contribution < 1.29 is 0 Å². The van der Waals surface area contributed by atoms with E-state index < -0.39 is 0 Å². The second-order valence-corrected chi connectivity index (χ2v) is 5.06. The maximum absolute atomic E-state index is 4.81. The topological polar surface area (TPSA) is 16.1 Å². The lowest BCUT2D eigenvalue weighted by Crippen LogP contribution is -2.26. The molecule has 0 amide bonds. The summed E-state index contributed by atoms with van der Waals surface area (Å²) in [6, 6.07) is 12.7. The number of nitrogens with zero attached hydrogens (tertiary/aromatic N) is 2. The molecule has 102 valence electrons. The minimum absolute atomic E-state index is 1.10. The Morgan fingerprint density at radius 3 is 2.26 bits per heavy atom. The molecule has 19 heavy (non-hydrogen) atoms. The van der Waals surface area contributed by atoms with Crippen LogP contribution in [0.5, 0.6) is 0 Å². The number of fused-ring (bicyclic) bond motifs is 1. The first-order valence-electron chi connectivity index (χ1n) is 7.46. The number of unbranched alkanes of at least 4 members (excludes halogenated alkanes) is 2. The number of rotatable bonds is 7. The molecule has 0 spiro atoms. The quantitative estimate of drug-likeness (QED) is 0.717. The fourth-order valence-corrected chi connectivity index (χ4v) is 2.27. The van der Waals surface area contributed by atoms with Gasteiger partial charge in [0.25, 0.3) is 0 Å². The number of hydrogen-bond acceptors (Lipinski definition) is 2. The van der Waals surface area contributed by atoms with Crippen molar-refractivity contribution in [3.63, 3.8) is 0 Å². The van der Waals surface area contributed by atoms with Gasteiger partial charge in [-0.1, -0.05) is 44.9 Å². The second-order valence-electron chi connectivity index (χ2n) is 5.06. The summed E-state index contributed by atoms with van der Waals surface area (Å²) < 4.78 is 0. The van der Waals surface area contributed by atoms with Crippen LogP contribution in [0.2, 0.25) is 0 Å². The number of pyridine rings is 1. The van der Waals surface area contributed by atoms with Crippen LogP contribution in [0.1, 0.15) is 39.5 Å². The third kappa shape index (κ3) is 3.69. The molecule has 0 aliphatic heterocycles. The van der Waals surface area contributed by atoms with E-state index in [2.05, 4.69) is 55.1 Å². The van der Waals surface area contributed by atoms with Gasteiger partial charge in [-0.2, -0.15) is 0 Å². The first kappa shape index (κ1) is 13.9. The molecule has 0 aliphatic rings. The first-order chi connectivity index (χ1) is 9.35. The normalized spacial score (nSPS) is 10.8. The van der Waals surface area contributed by atoms with Crippen LogP contribution >= 0.6 is 0 Å². The maximum atomic E-state index is 4.81. The highest BCUT2D eigenvalue weighted by Crippen LogP contribution is 2.18. The van der Waals surface area contributed by atoms with Gasteiger partial charge in [0.15, 0.2) is 0 Å². The van der Waals surface area contributed by atoms with Crippen LogP contribution in [-0.4, -0.2) is 18.1 Å². The fourth-order valence-electron chi connectivity index (χ4n) is 2.27. The lowest BCUT2D eigenvalue weighted by atomic mass is 10.2. The lowest BCUT2D eigenvalue weighted by Gasteiger charge is -2.23. The Morgan fingerprint density at radius 2 is 1.58 bits per heavy atom. The largest absolute Gasteiger partial charge is 0.357 e. The van der Waals surface area contributed by atoms with E-state index in [9.17, 15) is 0 Å². The van der Waals surface area contributed by atoms with Crippen molar-refractivity contribution in [3.05, 3.63) is 36.4 Å². The monoisotopic (exact) mass is 256 g/mol. The summed E-state index contributed by atoms with van der Waals surface area (Å²) in [6.07, 6.45) is 4.93. The summed E-state index contributed by atoms with van der Waals surface area (Å²) in [5.74, 6) is 1.13. The van der Waals surface area contributed by atoms with Crippen LogP contribution in [0, 0.1) is 0 Å². The van der Waals surface area contributed by atoms with Crippen molar-refractivity contribution in [2.45, 2.75) is 39.5 Å². The maximum Gasteiger partial charge on any atom is 0.129 e. The predicted octanol–water partition coefficient (Wildman–Crippen LogP) is 4.64. The summed E-state index contributed by atoms with van der Waals surface area (Å²) in [4.78, 5) is 7.24. The molecule has 0 atom stereocenters. The predicted molar refractivity (Wildman–Crippen MR) is 83.8 cm³/mol. The van der Waals surface area contributed by atoms with E-state index >= 15 is 0 Å². The summed E-state index contributed by atoms with van der Waals surface area (Å²) in [6.45, 7) is 6.71. The molecule has 1 heterocycles. The van der Waals surface area contributed by atoms with Gasteiger partial charge in [0, 0.05) is 18.5 Å². The van der Waals surface area contributed by atoms with Gasteiger partial charge in [0.1, 0.15) is 5.82 Å².